The minimum atomic E-state index is -4.43. The molecule has 6 heteroatoms. The fourth-order valence-electron chi connectivity index (χ4n) is 1.67. The van der Waals surface area contributed by atoms with Crippen molar-refractivity contribution in [2.24, 2.45) is 0 Å². The molecule has 114 valence electrons. The molecule has 0 amide bonds. The Bertz CT molecular complexity index is 408. The average Bonchev–Trinajstić information content (AvgIpc) is 2.35. The van der Waals surface area contributed by atoms with Gasteiger partial charge in [-0.3, -0.25) is 0 Å². The third-order valence-corrected chi connectivity index (χ3v) is 2.59. The highest BCUT2D eigenvalue weighted by Gasteiger charge is 2.34. The van der Waals surface area contributed by atoms with E-state index in [1.165, 1.54) is 25.3 Å². The van der Waals surface area contributed by atoms with E-state index in [0.29, 0.717) is 6.54 Å². The van der Waals surface area contributed by atoms with Gasteiger partial charge in [-0.15, -0.1) is 0 Å². The third kappa shape index (κ3) is 5.38. The predicted octanol–water partition coefficient (Wildman–Crippen LogP) is 3.10. The number of ether oxygens (including phenoxy) is 2. The molecule has 0 saturated heterocycles. The fourth-order valence-corrected chi connectivity index (χ4v) is 1.67. The Morgan fingerprint density at radius 1 is 1.20 bits per heavy atom. The Hall–Kier alpha value is -1.27. The largest absolute Gasteiger partial charge is 0.486 e. The van der Waals surface area contributed by atoms with Gasteiger partial charge in [0.15, 0.2) is 0 Å². The van der Waals surface area contributed by atoms with Crippen molar-refractivity contribution in [3.63, 3.8) is 0 Å². The smallest absolute Gasteiger partial charge is 0.419 e. The maximum absolute atomic E-state index is 12.9. The van der Waals surface area contributed by atoms with Crippen molar-refractivity contribution >= 4 is 0 Å². The Morgan fingerprint density at radius 2 is 1.85 bits per heavy atom. The van der Waals surface area contributed by atoms with Gasteiger partial charge in [0, 0.05) is 19.7 Å². The highest BCUT2D eigenvalue weighted by molar-refractivity contribution is 5.35. The SMILES string of the molecule is COCC(CNC(C)C)Oc1ccccc1C(F)(F)F. The van der Waals surface area contributed by atoms with Crippen molar-refractivity contribution in [3.05, 3.63) is 29.8 Å². The second kappa shape index (κ2) is 7.50. The summed E-state index contributed by atoms with van der Waals surface area (Å²) in [7, 11) is 1.49. The molecular weight excluding hydrogens is 271 g/mol. The van der Waals surface area contributed by atoms with Crippen LogP contribution in [0.3, 0.4) is 0 Å². The van der Waals surface area contributed by atoms with Crippen molar-refractivity contribution in [1.29, 1.82) is 0 Å². The van der Waals surface area contributed by atoms with E-state index in [1.807, 2.05) is 13.8 Å². The van der Waals surface area contributed by atoms with Gasteiger partial charge >= 0.3 is 6.18 Å². The van der Waals surface area contributed by atoms with Crippen molar-refractivity contribution in [3.8, 4) is 5.75 Å². The van der Waals surface area contributed by atoms with E-state index in [9.17, 15) is 13.2 Å². The van der Waals surface area contributed by atoms with Crippen LogP contribution in [0.2, 0.25) is 0 Å². The van der Waals surface area contributed by atoms with Gasteiger partial charge in [0.25, 0.3) is 0 Å². The molecule has 0 bridgehead atoms. The molecule has 0 fully saturated rings. The summed E-state index contributed by atoms with van der Waals surface area (Å²) in [6, 6.07) is 5.41. The summed E-state index contributed by atoms with van der Waals surface area (Å²) in [5, 5.41) is 3.12. The standard InChI is InChI=1S/C14H20F3NO2/c1-10(2)18-8-11(9-19-3)20-13-7-5-4-6-12(13)14(15,16)17/h4-7,10-11,18H,8-9H2,1-3H3. The Morgan fingerprint density at radius 3 is 2.40 bits per heavy atom. The van der Waals surface area contributed by atoms with Gasteiger partial charge in [-0.25, -0.2) is 0 Å². The van der Waals surface area contributed by atoms with Crippen LogP contribution >= 0.6 is 0 Å². The lowest BCUT2D eigenvalue weighted by Gasteiger charge is -2.22. The van der Waals surface area contributed by atoms with Crippen LogP contribution in [0, 0.1) is 0 Å². The number of hydrogen-bond acceptors (Lipinski definition) is 3. The van der Waals surface area contributed by atoms with Crippen molar-refractivity contribution < 1.29 is 22.6 Å². The number of nitrogens with one attached hydrogen (secondary N) is 1. The molecule has 1 aromatic carbocycles. The van der Waals surface area contributed by atoms with Gasteiger partial charge in [-0.05, 0) is 12.1 Å². The molecule has 20 heavy (non-hydrogen) atoms. The van der Waals surface area contributed by atoms with Gasteiger partial charge in [0.05, 0.1) is 12.2 Å². The van der Waals surface area contributed by atoms with E-state index < -0.39 is 17.8 Å². The molecule has 0 saturated carbocycles. The monoisotopic (exact) mass is 291 g/mol. The molecule has 1 rings (SSSR count). The lowest BCUT2D eigenvalue weighted by molar-refractivity contribution is -0.139. The summed E-state index contributed by atoms with van der Waals surface area (Å²) in [4.78, 5) is 0. The molecular formula is C14H20F3NO2. The summed E-state index contributed by atoms with van der Waals surface area (Å²) in [5.41, 5.74) is -0.773. The lowest BCUT2D eigenvalue weighted by Crippen LogP contribution is -2.38. The second-order valence-electron chi connectivity index (χ2n) is 4.75. The maximum atomic E-state index is 12.9. The number of hydrogen-bond donors (Lipinski definition) is 1. The van der Waals surface area contributed by atoms with Crippen LogP contribution in [0.25, 0.3) is 0 Å². The summed E-state index contributed by atoms with van der Waals surface area (Å²) in [6.45, 7) is 4.53. The zero-order chi connectivity index (χ0) is 15.2. The summed E-state index contributed by atoms with van der Waals surface area (Å²) in [6.07, 6.45) is -4.91. The number of benzene rings is 1. The summed E-state index contributed by atoms with van der Waals surface area (Å²) >= 11 is 0. The molecule has 0 aliphatic carbocycles. The van der Waals surface area contributed by atoms with E-state index in [1.54, 1.807) is 0 Å². The van der Waals surface area contributed by atoms with Crippen LogP contribution in [0.1, 0.15) is 19.4 Å². The molecule has 1 aromatic rings. The Kier molecular flexibility index (Phi) is 6.29. The highest BCUT2D eigenvalue weighted by atomic mass is 19.4. The first kappa shape index (κ1) is 16.8. The van der Waals surface area contributed by atoms with E-state index in [-0.39, 0.29) is 18.4 Å². The molecule has 1 atom stereocenters. The van der Waals surface area contributed by atoms with E-state index in [2.05, 4.69) is 5.32 Å². The van der Waals surface area contributed by atoms with Gasteiger partial charge in [-0.1, -0.05) is 26.0 Å². The van der Waals surface area contributed by atoms with E-state index in [0.717, 1.165) is 6.07 Å². The van der Waals surface area contributed by atoms with Crippen molar-refractivity contribution in [2.45, 2.75) is 32.2 Å². The lowest BCUT2D eigenvalue weighted by atomic mass is 10.2. The molecule has 0 radical (unpaired) electrons. The molecule has 0 spiro atoms. The van der Waals surface area contributed by atoms with Gasteiger partial charge < -0.3 is 14.8 Å². The van der Waals surface area contributed by atoms with Gasteiger partial charge in [0.1, 0.15) is 11.9 Å². The minimum absolute atomic E-state index is 0.174. The van der Waals surface area contributed by atoms with E-state index >= 15 is 0 Å². The molecule has 1 N–H and O–H groups in total. The maximum Gasteiger partial charge on any atom is 0.419 e. The molecule has 0 aliphatic rings. The molecule has 1 unspecified atom stereocenters. The molecule has 0 aromatic heterocycles. The first-order valence-corrected chi connectivity index (χ1v) is 6.39. The number of methoxy groups -OCH3 is 1. The number of alkyl halides is 3. The number of halogens is 3. The van der Waals surface area contributed by atoms with Crippen molar-refractivity contribution in [1.82, 2.24) is 5.32 Å². The molecule has 3 nitrogen and oxygen atoms in total. The number of para-hydroxylation sites is 1. The highest BCUT2D eigenvalue weighted by Crippen LogP contribution is 2.36. The van der Waals surface area contributed by atoms with Gasteiger partial charge in [-0.2, -0.15) is 13.2 Å². The molecule has 0 aliphatic heterocycles. The van der Waals surface area contributed by atoms with Crippen LogP contribution in [0.4, 0.5) is 13.2 Å². The summed E-state index contributed by atoms with van der Waals surface area (Å²) < 4.78 is 49.1. The third-order valence-electron chi connectivity index (χ3n) is 2.59. The predicted molar refractivity (Wildman–Crippen MR) is 70.9 cm³/mol. The second-order valence-corrected chi connectivity index (χ2v) is 4.75. The quantitative estimate of drug-likeness (QED) is 0.837. The number of rotatable bonds is 7. The zero-order valence-corrected chi connectivity index (χ0v) is 11.8. The molecule has 0 heterocycles. The first-order chi connectivity index (χ1) is 9.34. The first-order valence-electron chi connectivity index (χ1n) is 6.39. The minimum Gasteiger partial charge on any atom is -0.486 e. The van der Waals surface area contributed by atoms with Gasteiger partial charge in [0.2, 0.25) is 0 Å². The summed E-state index contributed by atoms with van der Waals surface area (Å²) in [5.74, 6) is -0.174. The average molecular weight is 291 g/mol. The fraction of sp³-hybridized carbons (Fsp3) is 0.571. The Labute approximate surface area is 117 Å². The van der Waals surface area contributed by atoms with Crippen LogP contribution in [-0.4, -0.2) is 32.4 Å². The topological polar surface area (TPSA) is 30.5 Å². The van der Waals surface area contributed by atoms with Crippen LogP contribution in [-0.2, 0) is 10.9 Å². The normalized spacial score (nSPS) is 13.6. The van der Waals surface area contributed by atoms with Crippen LogP contribution in [0.15, 0.2) is 24.3 Å². The van der Waals surface area contributed by atoms with E-state index in [4.69, 9.17) is 9.47 Å². The van der Waals surface area contributed by atoms with Crippen LogP contribution in [0.5, 0.6) is 5.75 Å². The zero-order valence-electron chi connectivity index (χ0n) is 11.8. The van der Waals surface area contributed by atoms with Crippen LogP contribution < -0.4 is 10.1 Å². The van der Waals surface area contributed by atoms with Crippen molar-refractivity contribution in [2.75, 3.05) is 20.3 Å². The Balaban J connectivity index is 2.82.